The van der Waals surface area contributed by atoms with Crippen molar-refractivity contribution in [1.82, 2.24) is 13.7 Å². The van der Waals surface area contributed by atoms with E-state index < -0.39 is 5.54 Å². The van der Waals surface area contributed by atoms with Crippen LogP contribution in [0.15, 0.2) is 46.1 Å². The van der Waals surface area contributed by atoms with Crippen molar-refractivity contribution in [2.24, 2.45) is 14.1 Å². The van der Waals surface area contributed by atoms with Crippen LogP contribution in [0, 0.1) is 0 Å². The van der Waals surface area contributed by atoms with E-state index >= 15 is 0 Å². The fourth-order valence-corrected chi connectivity index (χ4v) is 2.97. The van der Waals surface area contributed by atoms with Crippen molar-refractivity contribution >= 4 is 10.9 Å². The first-order valence-electron chi connectivity index (χ1n) is 7.77. The molecule has 0 aliphatic heterocycles. The van der Waals surface area contributed by atoms with Crippen LogP contribution >= 0.6 is 0 Å². The van der Waals surface area contributed by atoms with Crippen LogP contribution in [-0.2, 0) is 19.6 Å². The van der Waals surface area contributed by atoms with Gasteiger partial charge in [-0.3, -0.25) is 13.9 Å². The average Bonchev–Trinajstić information content (AvgIpc) is 3.00. The molecule has 126 valence electrons. The smallest absolute Gasteiger partial charge is 0.330 e. The molecule has 0 spiro atoms. The summed E-state index contributed by atoms with van der Waals surface area (Å²) >= 11 is 0. The summed E-state index contributed by atoms with van der Waals surface area (Å²) in [6.45, 7) is 3.68. The van der Waals surface area contributed by atoms with Crippen molar-refractivity contribution in [2.75, 3.05) is 6.61 Å². The quantitative estimate of drug-likeness (QED) is 0.791. The fourth-order valence-electron chi connectivity index (χ4n) is 2.97. The number of aromatic nitrogens is 3. The van der Waals surface area contributed by atoms with E-state index in [1.807, 2.05) is 48.7 Å². The molecule has 0 amide bonds. The Bertz CT molecular complexity index is 1020. The van der Waals surface area contributed by atoms with E-state index in [1.54, 1.807) is 13.2 Å². The molecule has 1 aromatic carbocycles. The summed E-state index contributed by atoms with van der Waals surface area (Å²) in [6, 6.07) is 9.55. The van der Waals surface area contributed by atoms with Gasteiger partial charge in [0.2, 0.25) is 0 Å². The number of fused-ring (bicyclic) bond motifs is 1. The van der Waals surface area contributed by atoms with Gasteiger partial charge in [0, 0.05) is 20.3 Å². The summed E-state index contributed by atoms with van der Waals surface area (Å²) in [5.41, 5.74) is 0.810. The van der Waals surface area contributed by atoms with Gasteiger partial charge in [-0.15, -0.1) is 0 Å². The minimum absolute atomic E-state index is 0.0952. The van der Waals surface area contributed by atoms with Gasteiger partial charge in [-0.05, 0) is 19.4 Å². The Balaban J connectivity index is 2.58. The van der Waals surface area contributed by atoms with E-state index in [2.05, 4.69) is 0 Å². The van der Waals surface area contributed by atoms with Crippen LogP contribution in [0.2, 0.25) is 0 Å². The molecule has 6 nitrogen and oxygen atoms in total. The van der Waals surface area contributed by atoms with E-state index in [1.165, 1.54) is 11.6 Å². The number of hydrogen-bond donors (Lipinski definition) is 1. The highest BCUT2D eigenvalue weighted by Crippen LogP contribution is 2.32. The lowest BCUT2D eigenvalue weighted by Gasteiger charge is -2.27. The van der Waals surface area contributed by atoms with Gasteiger partial charge in [-0.2, -0.15) is 0 Å². The second-order valence-electron chi connectivity index (χ2n) is 6.65. The monoisotopic (exact) mass is 327 g/mol. The molecule has 3 rings (SSSR count). The molecule has 1 N–H and O–H groups in total. The molecule has 24 heavy (non-hydrogen) atoms. The molecule has 0 bridgehead atoms. The zero-order valence-electron chi connectivity index (χ0n) is 14.3. The Kier molecular flexibility index (Phi) is 3.72. The maximum Gasteiger partial charge on any atom is 0.330 e. The summed E-state index contributed by atoms with van der Waals surface area (Å²) in [6.07, 6.45) is 1.77. The van der Waals surface area contributed by atoms with Crippen LogP contribution in [0.25, 0.3) is 22.2 Å². The second kappa shape index (κ2) is 5.49. The molecule has 0 aliphatic rings. The van der Waals surface area contributed by atoms with Crippen molar-refractivity contribution in [3.8, 4) is 11.3 Å². The summed E-state index contributed by atoms with van der Waals surface area (Å²) in [5.74, 6) is 0. The van der Waals surface area contributed by atoms with E-state index in [0.717, 1.165) is 10.1 Å². The van der Waals surface area contributed by atoms with Gasteiger partial charge in [-0.1, -0.05) is 30.3 Å². The van der Waals surface area contributed by atoms with Crippen LogP contribution in [0.1, 0.15) is 13.8 Å². The van der Waals surface area contributed by atoms with Crippen LogP contribution in [0.4, 0.5) is 0 Å². The fraction of sp³-hybridized carbons (Fsp3) is 0.333. The molecule has 2 aromatic heterocycles. The third-order valence-corrected chi connectivity index (χ3v) is 4.53. The van der Waals surface area contributed by atoms with E-state index in [-0.39, 0.29) is 17.9 Å². The summed E-state index contributed by atoms with van der Waals surface area (Å²) < 4.78 is 4.46. The molecule has 6 heteroatoms. The van der Waals surface area contributed by atoms with Gasteiger partial charge in [0.15, 0.2) is 0 Å². The lowest BCUT2D eigenvalue weighted by Crippen LogP contribution is -2.36. The minimum Gasteiger partial charge on any atom is -0.394 e. The first kappa shape index (κ1) is 16.3. The molecule has 0 fully saturated rings. The maximum atomic E-state index is 12.8. The SMILES string of the molecule is Cn1c(=O)c2c(-c3ccccc3)n(C(C)(C)CO)cc2n(C)c1=O. The van der Waals surface area contributed by atoms with Crippen LogP contribution in [0.3, 0.4) is 0 Å². The molecule has 0 radical (unpaired) electrons. The maximum absolute atomic E-state index is 12.8. The number of aliphatic hydroxyl groups is 1. The van der Waals surface area contributed by atoms with Crippen molar-refractivity contribution in [3.63, 3.8) is 0 Å². The Morgan fingerprint density at radius 1 is 1.04 bits per heavy atom. The van der Waals surface area contributed by atoms with Gasteiger partial charge in [0.05, 0.1) is 28.7 Å². The van der Waals surface area contributed by atoms with Gasteiger partial charge in [0.1, 0.15) is 0 Å². The largest absolute Gasteiger partial charge is 0.394 e. The molecular formula is C18H21N3O3. The lowest BCUT2D eigenvalue weighted by atomic mass is 10.0. The Morgan fingerprint density at radius 3 is 2.25 bits per heavy atom. The standard InChI is InChI=1S/C18H21N3O3/c1-18(2,11-22)21-10-13-14(15(21)12-8-6-5-7-9-12)16(23)20(4)17(24)19(13)3/h5-10,22H,11H2,1-4H3. The minimum atomic E-state index is -0.620. The molecule has 0 saturated heterocycles. The number of aryl methyl sites for hydroxylation is 1. The summed E-state index contributed by atoms with van der Waals surface area (Å²) in [5, 5.41) is 10.3. The van der Waals surface area contributed by atoms with Crippen LogP contribution in [-0.4, -0.2) is 25.4 Å². The highest BCUT2D eigenvalue weighted by molar-refractivity contribution is 5.93. The van der Waals surface area contributed by atoms with Crippen molar-refractivity contribution in [2.45, 2.75) is 19.4 Å². The Hall–Kier alpha value is -2.60. The lowest BCUT2D eigenvalue weighted by molar-refractivity contribution is 0.166. The van der Waals surface area contributed by atoms with Gasteiger partial charge < -0.3 is 9.67 Å². The Labute approximate surface area is 139 Å². The average molecular weight is 327 g/mol. The first-order chi connectivity index (χ1) is 11.3. The third-order valence-electron chi connectivity index (χ3n) is 4.53. The highest BCUT2D eigenvalue weighted by atomic mass is 16.3. The zero-order chi connectivity index (χ0) is 17.6. The molecule has 0 unspecified atom stereocenters. The second-order valence-corrected chi connectivity index (χ2v) is 6.65. The van der Waals surface area contributed by atoms with Crippen LogP contribution < -0.4 is 11.2 Å². The third kappa shape index (κ3) is 2.22. The van der Waals surface area contributed by atoms with E-state index in [4.69, 9.17) is 0 Å². The van der Waals surface area contributed by atoms with E-state index in [0.29, 0.717) is 16.6 Å². The van der Waals surface area contributed by atoms with Crippen molar-refractivity contribution in [1.29, 1.82) is 0 Å². The Morgan fingerprint density at radius 2 is 1.67 bits per heavy atom. The van der Waals surface area contributed by atoms with Gasteiger partial charge in [0.25, 0.3) is 5.56 Å². The molecule has 3 aromatic rings. The number of aliphatic hydroxyl groups excluding tert-OH is 1. The number of nitrogens with zero attached hydrogens (tertiary/aromatic N) is 3. The molecule has 0 atom stereocenters. The normalized spacial score (nSPS) is 12.0. The first-order valence-corrected chi connectivity index (χ1v) is 7.77. The number of benzene rings is 1. The molecular weight excluding hydrogens is 306 g/mol. The van der Waals surface area contributed by atoms with Gasteiger partial charge in [-0.25, -0.2) is 4.79 Å². The predicted molar refractivity (Wildman–Crippen MR) is 94.3 cm³/mol. The molecule has 0 aliphatic carbocycles. The van der Waals surface area contributed by atoms with Crippen LogP contribution in [0.5, 0.6) is 0 Å². The highest BCUT2D eigenvalue weighted by Gasteiger charge is 2.27. The molecule has 0 saturated carbocycles. The summed E-state index contributed by atoms with van der Waals surface area (Å²) in [7, 11) is 3.13. The topological polar surface area (TPSA) is 69.2 Å². The van der Waals surface area contributed by atoms with Crippen molar-refractivity contribution in [3.05, 3.63) is 57.4 Å². The van der Waals surface area contributed by atoms with Gasteiger partial charge >= 0.3 is 5.69 Å². The summed E-state index contributed by atoms with van der Waals surface area (Å²) in [4.78, 5) is 25.0. The predicted octanol–water partition coefficient (Wildman–Crippen LogP) is 1.43. The number of hydrogen-bond acceptors (Lipinski definition) is 3. The van der Waals surface area contributed by atoms with Crippen molar-refractivity contribution < 1.29 is 5.11 Å². The number of rotatable bonds is 3. The zero-order valence-corrected chi connectivity index (χ0v) is 14.3. The van der Waals surface area contributed by atoms with E-state index in [9.17, 15) is 14.7 Å². The molecule has 2 heterocycles.